The van der Waals surface area contributed by atoms with Crippen molar-refractivity contribution in [1.29, 1.82) is 0 Å². The maximum atomic E-state index is 14.0. The molecule has 0 aliphatic heterocycles. The third kappa shape index (κ3) is 5.74. The highest BCUT2D eigenvalue weighted by atomic mass is 19.2. The molecule has 1 heterocycles. The van der Waals surface area contributed by atoms with Gasteiger partial charge in [-0.25, -0.2) is 17.6 Å². The van der Waals surface area contributed by atoms with Crippen molar-refractivity contribution >= 4 is 11.7 Å². The minimum Gasteiger partial charge on any atom is -0.496 e. The minimum absolute atomic E-state index is 0.0756. The molecule has 0 saturated heterocycles. The number of aromatic nitrogens is 2. The van der Waals surface area contributed by atoms with Gasteiger partial charge in [0.1, 0.15) is 18.1 Å². The van der Waals surface area contributed by atoms with E-state index in [1.165, 1.54) is 19.4 Å². The van der Waals surface area contributed by atoms with Crippen LogP contribution in [0.3, 0.4) is 0 Å². The highest BCUT2D eigenvalue weighted by molar-refractivity contribution is 6.04. The summed E-state index contributed by atoms with van der Waals surface area (Å²) in [6.45, 7) is 3.47. The summed E-state index contributed by atoms with van der Waals surface area (Å²) in [7, 11) is 1.51. The summed E-state index contributed by atoms with van der Waals surface area (Å²) in [5, 5.41) is 6.60. The first-order chi connectivity index (χ1) is 17.7. The Morgan fingerprint density at radius 1 is 0.946 bits per heavy atom. The van der Waals surface area contributed by atoms with E-state index in [2.05, 4.69) is 10.4 Å². The first kappa shape index (κ1) is 25.7. The summed E-state index contributed by atoms with van der Waals surface area (Å²) in [5.41, 5.74) is 2.13. The lowest BCUT2D eigenvalue weighted by Crippen LogP contribution is -2.14. The van der Waals surface area contributed by atoms with Gasteiger partial charge < -0.3 is 14.8 Å². The number of amides is 1. The maximum Gasteiger partial charge on any atom is 0.256 e. The molecule has 1 amide bonds. The lowest BCUT2D eigenvalue weighted by atomic mass is 10.1. The average Bonchev–Trinajstić information content (AvgIpc) is 3.32. The predicted octanol–water partition coefficient (Wildman–Crippen LogP) is 5.94. The van der Waals surface area contributed by atoms with Crippen LogP contribution in [0.1, 0.15) is 32.6 Å². The van der Waals surface area contributed by atoms with Gasteiger partial charge in [0.25, 0.3) is 5.91 Å². The van der Waals surface area contributed by atoms with E-state index in [4.69, 9.17) is 9.47 Å². The molecule has 6 nitrogen and oxygen atoms in total. The van der Waals surface area contributed by atoms with Gasteiger partial charge in [0.05, 0.1) is 19.2 Å². The number of nitrogens with one attached hydrogen (secondary N) is 1. The number of ether oxygens (including phenoxy) is 2. The number of methoxy groups -OCH3 is 1. The fourth-order valence-electron chi connectivity index (χ4n) is 3.68. The minimum atomic E-state index is -1.51. The molecule has 10 heteroatoms. The molecule has 1 aromatic heterocycles. The highest BCUT2D eigenvalue weighted by Crippen LogP contribution is 2.25. The third-order valence-corrected chi connectivity index (χ3v) is 5.67. The Morgan fingerprint density at radius 2 is 1.68 bits per heavy atom. The third-order valence-electron chi connectivity index (χ3n) is 5.67. The van der Waals surface area contributed by atoms with Gasteiger partial charge in [0.2, 0.25) is 0 Å². The van der Waals surface area contributed by atoms with Gasteiger partial charge in [-0.3, -0.25) is 9.48 Å². The normalized spacial score (nSPS) is 10.9. The van der Waals surface area contributed by atoms with Gasteiger partial charge in [0, 0.05) is 29.5 Å². The van der Waals surface area contributed by atoms with Crippen LogP contribution in [-0.4, -0.2) is 22.8 Å². The largest absolute Gasteiger partial charge is 0.496 e. The van der Waals surface area contributed by atoms with Crippen molar-refractivity contribution in [3.8, 4) is 11.5 Å². The number of carbonyl (C=O) groups excluding carboxylic acids is 1. The number of nitrogens with zero attached hydrogens (tertiary/aromatic N) is 2. The number of rotatable bonds is 8. The standard InChI is InChI=1S/C27H23F4N3O3/c1-15-4-5-16(2)23(10-15)37-14-18-11-17(6-7-22(18)36-3)27(35)32-24-8-9-34(33-24)13-19-25(30)20(28)12-21(29)26(19)31/h4-12H,13-14H2,1-3H3,(H,32,33,35). The molecule has 0 atom stereocenters. The van der Waals surface area contributed by atoms with E-state index in [0.29, 0.717) is 22.6 Å². The van der Waals surface area contributed by atoms with Crippen molar-refractivity contribution in [2.75, 3.05) is 12.4 Å². The monoisotopic (exact) mass is 513 g/mol. The number of carbonyl (C=O) groups is 1. The van der Waals surface area contributed by atoms with E-state index < -0.39 is 41.3 Å². The number of aryl methyl sites for hydroxylation is 2. The maximum absolute atomic E-state index is 14.0. The summed E-state index contributed by atoms with van der Waals surface area (Å²) >= 11 is 0. The smallest absolute Gasteiger partial charge is 0.256 e. The Balaban J connectivity index is 1.48. The lowest BCUT2D eigenvalue weighted by molar-refractivity contribution is 0.102. The number of halogens is 4. The molecule has 0 radical (unpaired) electrons. The van der Waals surface area contributed by atoms with Crippen LogP contribution in [0.2, 0.25) is 0 Å². The Labute approximate surface area is 210 Å². The van der Waals surface area contributed by atoms with Crippen molar-refractivity contribution < 1.29 is 31.8 Å². The van der Waals surface area contributed by atoms with Gasteiger partial charge in [-0.2, -0.15) is 5.10 Å². The van der Waals surface area contributed by atoms with Crippen molar-refractivity contribution in [1.82, 2.24) is 9.78 Å². The van der Waals surface area contributed by atoms with E-state index in [9.17, 15) is 22.4 Å². The Hall–Kier alpha value is -4.34. The van der Waals surface area contributed by atoms with Crippen LogP contribution in [-0.2, 0) is 13.2 Å². The van der Waals surface area contributed by atoms with Crippen LogP contribution in [0.5, 0.6) is 11.5 Å². The zero-order valence-corrected chi connectivity index (χ0v) is 20.2. The molecular weight excluding hydrogens is 490 g/mol. The van der Waals surface area contributed by atoms with Gasteiger partial charge >= 0.3 is 0 Å². The lowest BCUT2D eigenvalue weighted by Gasteiger charge is -2.14. The summed E-state index contributed by atoms with van der Waals surface area (Å²) in [4.78, 5) is 12.8. The Kier molecular flexibility index (Phi) is 7.47. The second kappa shape index (κ2) is 10.7. The van der Waals surface area contributed by atoms with Crippen molar-refractivity contribution in [2.45, 2.75) is 27.0 Å². The van der Waals surface area contributed by atoms with E-state index in [1.54, 1.807) is 18.2 Å². The van der Waals surface area contributed by atoms with Crippen LogP contribution in [0.15, 0.2) is 54.7 Å². The van der Waals surface area contributed by atoms with Crippen LogP contribution >= 0.6 is 0 Å². The molecule has 0 unspecified atom stereocenters. The van der Waals surface area contributed by atoms with Crippen LogP contribution in [0.4, 0.5) is 23.4 Å². The summed E-state index contributed by atoms with van der Waals surface area (Å²) in [5.74, 6) is -5.20. The predicted molar refractivity (Wildman–Crippen MR) is 129 cm³/mol. The second-order valence-electron chi connectivity index (χ2n) is 8.38. The first-order valence-electron chi connectivity index (χ1n) is 11.2. The molecule has 1 N–H and O–H groups in total. The van der Waals surface area contributed by atoms with Gasteiger partial charge in [-0.15, -0.1) is 0 Å². The number of anilines is 1. The number of hydrogen-bond acceptors (Lipinski definition) is 4. The molecular formula is C27H23F4N3O3. The average molecular weight is 513 g/mol. The van der Waals surface area contributed by atoms with Gasteiger partial charge in [-0.05, 0) is 49.2 Å². The topological polar surface area (TPSA) is 65.4 Å². The molecule has 0 aliphatic carbocycles. The molecule has 3 aromatic carbocycles. The fraction of sp³-hybridized carbons (Fsp3) is 0.185. The number of hydrogen-bond donors (Lipinski definition) is 1. The van der Waals surface area contributed by atoms with Crippen LogP contribution < -0.4 is 14.8 Å². The molecule has 0 bridgehead atoms. The van der Waals surface area contributed by atoms with Crippen molar-refractivity contribution in [3.05, 3.63) is 106 Å². The SMILES string of the molecule is COc1ccc(C(=O)Nc2ccn(Cc3c(F)c(F)cc(F)c3F)n2)cc1COc1cc(C)ccc1C. The first-order valence-corrected chi connectivity index (χ1v) is 11.2. The van der Waals surface area contributed by atoms with Crippen molar-refractivity contribution in [3.63, 3.8) is 0 Å². The Bertz CT molecular complexity index is 1440. The van der Waals surface area contributed by atoms with E-state index >= 15 is 0 Å². The van der Waals surface area contributed by atoms with E-state index in [-0.39, 0.29) is 18.5 Å². The zero-order chi connectivity index (χ0) is 26.7. The van der Waals surface area contributed by atoms with Crippen LogP contribution in [0, 0.1) is 37.1 Å². The fourth-order valence-corrected chi connectivity index (χ4v) is 3.68. The van der Waals surface area contributed by atoms with Crippen molar-refractivity contribution in [2.24, 2.45) is 0 Å². The second-order valence-corrected chi connectivity index (χ2v) is 8.38. The molecule has 0 fully saturated rings. The summed E-state index contributed by atoms with van der Waals surface area (Å²) in [6, 6.07) is 12.2. The molecule has 192 valence electrons. The van der Waals surface area contributed by atoms with E-state index in [1.807, 2.05) is 32.0 Å². The molecule has 0 saturated carbocycles. The molecule has 37 heavy (non-hydrogen) atoms. The summed E-state index contributed by atoms with van der Waals surface area (Å²) < 4.78 is 67.3. The van der Waals surface area contributed by atoms with Crippen LogP contribution in [0.25, 0.3) is 0 Å². The molecule has 0 aliphatic rings. The van der Waals surface area contributed by atoms with Gasteiger partial charge in [0.15, 0.2) is 29.1 Å². The molecule has 0 spiro atoms. The zero-order valence-electron chi connectivity index (χ0n) is 20.2. The quantitative estimate of drug-likeness (QED) is 0.234. The molecule has 4 rings (SSSR count). The Morgan fingerprint density at radius 3 is 2.38 bits per heavy atom. The summed E-state index contributed by atoms with van der Waals surface area (Å²) in [6.07, 6.45) is 1.31. The molecule has 4 aromatic rings. The van der Waals surface area contributed by atoms with Gasteiger partial charge in [-0.1, -0.05) is 12.1 Å². The van der Waals surface area contributed by atoms with E-state index in [0.717, 1.165) is 15.8 Å². The number of benzene rings is 3. The highest BCUT2D eigenvalue weighted by Gasteiger charge is 2.20.